The molecule has 0 atom stereocenters. The number of carboxylic acid groups (broad SMARTS) is 1. The molecule has 1 aromatic heterocycles. The minimum absolute atomic E-state index is 0.548. The fourth-order valence-corrected chi connectivity index (χ4v) is 1.38. The van der Waals surface area contributed by atoms with Gasteiger partial charge in [0.15, 0.2) is 0 Å². The molecular weight excluding hydrogens is 204 g/mol. The van der Waals surface area contributed by atoms with E-state index in [0.717, 1.165) is 11.3 Å². The first-order valence-electron chi connectivity index (χ1n) is 4.77. The van der Waals surface area contributed by atoms with E-state index in [9.17, 15) is 4.79 Å². The predicted octanol–water partition coefficient (Wildman–Crippen LogP) is 2.84. The van der Waals surface area contributed by atoms with Crippen molar-refractivity contribution in [2.45, 2.75) is 0 Å². The molecular formula is C12H10N2O2. The lowest BCUT2D eigenvalue weighted by Gasteiger charge is -2.03. The largest absolute Gasteiger partial charge is 0.465 e. The van der Waals surface area contributed by atoms with Gasteiger partial charge in [-0.1, -0.05) is 18.2 Å². The highest BCUT2D eigenvalue weighted by Gasteiger charge is 2.00. The average Bonchev–Trinajstić information content (AvgIpc) is 2.30. The van der Waals surface area contributed by atoms with Gasteiger partial charge in [0.2, 0.25) is 0 Å². The molecule has 1 aromatic carbocycles. The Morgan fingerprint density at radius 1 is 1.12 bits per heavy atom. The predicted molar refractivity (Wildman–Crippen MR) is 61.3 cm³/mol. The Morgan fingerprint density at radius 2 is 1.88 bits per heavy atom. The molecule has 4 nitrogen and oxygen atoms in total. The molecule has 16 heavy (non-hydrogen) atoms. The second-order valence-electron chi connectivity index (χ2n) is 3.22. The SMILES string of the molecule is O=C(O)Nc1ccc(-c2ccccn2)cc1. The fourth-order valence-electron chi connectivity index (χ4n) is 1.38. The van der Waals surface area contributed by atoms with E-state index < -0.39 is 6.09 Å². The van der Waals surface area contributed by atoms with E-state index in [2.05, 4.69) is 10.3 Å². The summed E-state index contributed by atoms with van der Waals surface area (Å²) in [5.41, 5.74) is 2.37. The summed E-state index contributed by atoms with van der Waals surface area (Å²) in [6, 6.07) is 12.7. The van der Waals surface area contributed by atoms with Crippen LogP contribution in [0.4, 0.5) is 10.5 Å². The number of carbonyl (C=O) groups is 1. The van der Waals surface area contributed by atoms with Gasteiger partial charge in [0.25, 0.3) is 0 Å². The van der Waals surface area contributed by atoms with Crippen LogP contribution in [0.3, 0.4) is 0 Å². The molecule has 0 fully saturated rings. The van der Waals surface area contributed by atoms with E-state index >= 15 is 0 Å². The monoisotopic (exact) mass is 214 g/mol. The summed E-state index contributed by atoms with van der Waals surface area (Å²) >= 11 is 0. The Bertz CT molecular complexity index is 480. The van der Waals surface area contributed by atoms with E-state index in [1.54, 1.807) is 18.3 Å². The number of amides is 1. The molecule has 0 bridgehead atoms. The Hall–Kier alpha value is -2.36. The van der Waals surface area contributed by atoms with Crippen LogP contribution in [-0.4, -0.2) is 16.2 Å². The van der Waals surface area contributed by atoms with Crippen LogP contribution >= 0.6 is 0 Å². The quantitative estimate of drug-likeness (QED) is 0.807. The molecule has 0 radical (unpaired) electrons. The molecule has 4 heteroatoms. The van der Waals surface area contributed by atoms with E-state index in [1.165, 1.54) is 0 Å². The maximum absolute atomic E-state index is 10.4. The summed E-state index contributed by atoms with van der Waals surface area (Å²) in [4.78, 5) is 14.6. The van der Waals surface area contributed by atoms with Crippen LogP contribution in [0, 0.1) is 0 Å². The van der Waals surface area contributed by atoms with Crippen LogP contribution in [0.5, 0.6) is 0 Å². The third kappa shape index (κ3) is 2.36. The molecule has 0 spiro atoms. The van der Waals surface area contributed by atoms with E-state index in [1.807, 2.05) is 30.3 Å². The van der Waals surface area contributed by atoms with Gasteiger partial charge in [-0.25, -0.2) is 4.79 Å². The van der Waals surface area contributed by atoms with Crippen LogP contribution < -0.4 is 5.32 Å². The number of rotatable bonds is 2. The second kappa shape index (κ2) is 4.44. The molecule has 0 aliphatic carbocycles. The third-order valence-electron chi connectivity index (χ3n) is 2.10. The number of aromatic nitrogens is 1. The first kappa shape index (κ1) is 10.2. The summed E-state index contributed by atoms with van der Waals surface area (Å²) < 4.78 is 0. The van der Waals surface area contributed by atoms with Gasteiger partial charge in [0, 0.05) is 17.4 Å². The summed E-state index contributed by atoms with van der Waals surface area (Å²) in [7, 11) is 0. The molecule has 0 saturated carbocycles. The smallest absolute Gasteiger partial charge is 0.409 e. The van der Waals surface area contributed by atoms with Crippen molar-refractivity contribution in [2.24, 2.45) is 0 Å². The molecule has 0 aliphatic heterocycles. The number of hydrogen-bond donors (Lipinski definition) is 2. The maximum atomic E-state index is 10.4. The standard InChI is InChI=1S/C12H10N2O2/c15-12(16)14-10-6-4-9(5-7-10)11-3-1-2-8-13-11/h1-8,14H,(H,15,16). The molecule has 1 heterocycles. The number of anilines is 1. The number of nitrogens with one attached hydrogen (secondary N) is 1. The first-order valence-corrected chi connectivity index (χ1v) is 4.77. The lowest BCUT2D eigenvalue weighted by atomic mass is 10.1. The Morgan fingerprint density at radius 3 is 2.44 bits per heavy atom. The van der Waals surface area contributed by atoms with Gasteiger partial charge in [0.05, 0.1) is 5.69 Å². The van der Waals surface area contributed by atoms with Crippen LogP contribution in [0.15, 0.2) is 48.7 Å². The normalized spacial score (nSPS) is 9.75. The number of hydrogen-bond acceptors (Lipinski definition) is 2. The van der Waals surface area contributed by atoms with Crippen molar-refractivity contribution < 1.29 is 9.90 Å². The highest BCUT2D eigenvalue weighted by atomic mass is 16.4. The van der Waals surface area contributed by atoms with Gasteiger partial charge in [-0.2, -0.15) is 0 Å². The Kier molecular flexibility index (Phi) is 2.82. The number of benzene rings is 1. The summed E-state index contributed by atoms with van der Waals surface area (Å²) in [5.74, 6) is 0. The zero-order valence-electron chi connectivity index (χ0n) is 8.42. The summed E-state index contributed by atoms with van der Waals surface area (Å²) in [6.45, 7) is 0. The van der Waals surface area contributed by atoms with Crippen molar-refractivity contribution in [3.05, 3.63) is 48.7 Å². The molecule has 0 saturated heterocycles. The average molecular weight is 214 g/mol. The zero-order chi connectivity index (χ0) is 11.4. The Balaban J connectivity index is 2.23. The van der Waals surface area contributed by atoms with Crippen LogP contribution in [0.1, 0.15) is 0 Å². The van der Waals surface area contributed by atoms with Crippen LogP contribution in [0.2, 0.25) is 0 Å². The zero-order valence-corrected chi connectivity index (χ0v) is 8.42. The van der Waals surface area contributed by atoms with Crippen molar-refractivity contribution >= 4 is 11.8 Å². The summed E-state index contributed by atoms with van der Waals surface area (Å²) in [5, 5.41) is 10.8. The molecule has 2 N–H and O–H groups in total. The second-order valence-corrected chi connectivity index (χ2v) is 3.22. The minimum atomic E-state index is -1.06. The molecule has 2 aromatic rings. The number of pyridine rings is 1. The van der Waals surface area contributed by atoms with Gasteiger partial charge >= 0.3 is 6.09 Å². The van der Waals surface area contributed by atoms with Crippen LogP contribution in [-0.2, 0) is 0 Å². The highest BCUT2D eigenvalue weighted by Crippen LogP contribution is 2.18. The third-order valence-corrected chi connectivity index (χ3v) is 2.10. The molecule has 2 rings (SSSR count). The van der Waals surface area contributed by atoms with Crippen molar-refractivity contribution in [1.82, 2.24) is 4.98 Å². The van der Waals surface area contributed by atoms with E-state index in [-0.39, 0.29) is 0 Å². The lowest BCUT2D eigenvalue weighted by Crippen LogP contribution is -2.06. The van der Waals surface area contributed by atoms with Crippen molar-refractivity contribution in [1.29, 1.82) is 0 Å². The van der Waals surface area contributed by atoms with Crippen molar-refractivity contribution in [2.75, 3.05) is 5.32 Å². The number of nitrogens with zero attached hydrogens (tertiary/aromatic N) is 1. The highest BCUT2D eigenvalue weighted by molar-refractivity contribution is 5.83. The molecule has 0 aliphatic rings. The molecule has 0 unspecified atom stereocenters. The van der Waals surface area contributed by atoms with E-state index in [0.29, 0.717) is 5.69 Å². The van der Waals surface area contributed by atoms with E-state index in [4.69, 9.17) is 5.11 Å². The topological polar surface area (TPSA) is 62.2 Å². The first-order chi connectivity index (χ1) is 7.75. The molecule has 80 valence electrons. The van der Waals surface area contributed by atoms with Crippen molar-refractivity contribution in [3.63, 3.8) is 0 Å². The van der Waals surface area contributed by atoms with Gasteiger partial charge in [0.1, 0.15) is 0 Å². The van der Waals surface area contributed by atoms with Gasteiger partial charge in [-0.05, 0) is 24.3 Å². The van der Waals surface area contributed by atoms with Gasteiger partial charge < -0.3 is 5.11 Å². The fraction of sp³-hybridized carbons (Fsp3) is 0. The maximum Gasteiger partial charge on any atom is 0.409 e. The van der Waals surface area contributed by atoms with Gasteiger partial charge in [-0.3, -0.25) is 10.3 Å². The van der Waals surface area contributed by atoms with Gasteiger partial charge in [-0.15, -0.1) is 0 Å². The summed E-state index contributed by atoms with van der Waals surface area (Å²) in [6.07, 6.45) is 0.657. The lowest BCUT2D eigenvalue weighted by molar-refractivity contribution is 0.210. The minimum Gasteiger partial charge on any atom is -0.465 e. The molecule has 1 amide bonds. The van der Waals surface area contributed by atoms with Crippen molar-refractivity contribution in [3.8, 4) is 11.3 Å². The van der Waals surface area contributed by atoms with Crippen LogP contribution in [0.25, 0.3) is 11.3 Å². The Labute approximate surface area is 92.6 Å².